The molecule has 0 aliphatic rings. The van der Waals surface area contributed by atoms with Gasteiger partial charge in [0.05, 0.1) is 6.54 Å². The van der Waals surface area contributed by atoms with Gasteiger partial charge in [0.15, 0.2) is 0 Å². The maximum absolute atomic E-state index is 11.5. The summed E-state index contributed by atoms with van der Waals surface area (Å²) >= 11 is 5.57. The highest BCUT2D eigenvalue weighted by Crippen LogP contribution is 1.97. The van der Waals surface area contributed by atoms with Crippen LogP contribution in [-0.4, -0.2) is 24.9 Å². The number of rotatable bonds is 5. The number of halogens is 3. The van der Waals surface area contributed by atoms with Crippen LogP contribution in [0.4, 0.5) is 8.78 Å². The Balaban J connectivity index is 2.91. The first-order valence-electron chi connectivity index (χ1n) is 3.26. The Morgan fingerprint density at radius 3 is 2.50 bits per heavy atom. The molecule has 0 radical (unpaired) electrons. The molecule has 0 saturated carbocycles. The smallest absolute Gasteiger partial charge is 0.250 e. The molecule has 0 amide bonds. The Morgan fingerprint density at radius 2 is 2.10 bits per heavy atom. The van der Waals surface area contributed by atoms with E-state index in [0.29, 0.717) is 6.54 Å². The number of nitrogens with one attached hydrogen (secondary N) is 1. The number of hydrogen-bond donors (Lipinski definition) is 1. The summed E-state index contributed by atoms with van der Waals surface area (Å²) in [5.41, 5.74) is 0. The molecule has 0 fully saturated rings. The fraction of sp³-hybridized carbons (Fsp3) is 1.00. The highest BCUT2D eigenvalue weighted by atomic mass is 35.5. The zero-order chi connectivity index (χ0) is 7.98. The van der Waals surface area contributed by atoms with E-state index in [1.54, 1.807) is 0 Å². The van der Waals surface area contributed by atoms with Crippen molar-refractivity contribution >= 4 is 11.6 Å². The molecule has 4 heteroatoms. The molecule has 0 saturated heterocycles. The van der Waals surface area contributed by atoms with Gasteiger partial charge in [0.2, 0.25) is 0 Å². The van der Waals surface area contributed by atoms with Crippen molar-refractivity contribution in [1.29, 1.82) is 0 Å². The summed E-state index contributed by atoms with van der Waals surface area (Å²) in [7, 11) is 0. The normalized spacial score (nSPS) is 14.1. The van der Waals surface area contributed by atoms with Crippen molar-refractivity contribution in [1.82, 2.24) is 5.32 Å². The zero-order valence-corrected chi connectivity index (χ0v) is 6.67. The Morgan fingerprint density at radius 1 is 1.50 bits per heavy atom. The number of hydrogen-bond acceptors (Lipinski definition) is 1. The molecule has 0 rings (SSSR count). The standard InChI is InChI=1S/C6H12ClF2N/c1-5(7)2-3-10-4-6(8)9/h5-6,10H,2-4H2,1H3. The van der Waals surface area contributed by atoms with Gasteiger partial charge in [-0.2, -0.15) is 0 Å². The first-order chi connectivity index (χ1) is 4.63. The van der Waals surface area contributed by atoms with Crippen LogP contribution < -0.4 is 5.32 Å². The largest absolute Gasteiger partial charge is 0.311 e. The fourth-order valence-corrected chi connectivity index (χ4v) is 0.621. The molecule has 1 nitrogen and oxygen atoms in total. The third-order valence-corrected chi connectivity index (χ3v) is 1.24. The Labute approximate surface area is 64.7 Å². The molecule has 10 heavy (non-hydrogen) atoms. The lowest BCUT2D eigenvalue weighted by molar-refractivity contribution is 0.146. The van der Waals surface area contributed by atoms with Gasteiger partial charge in [0.1, 0.15) is 0 Å². The number of alkyl halides is 3. The van der Waals surface area contributed by atoms with Crippen LogP contribution >= 0.6 is 11.6 Å². The van der Waals surface area contributed by atoms with Crippen molar-refractivity contribution in [2.24, 2.45) is 0 Å². The van der Waals surface area contributed by atoms with Gasteiger partial charge in [0, 0.05) is 5.38 Å². The highest BCUT2D eigenvalue weighted by molar-refractivity contribution is 6.20. The molecule has 0 spiro atoms. The quantitative estimate of drug-likeness (QED) is 0.492. The Kier molecular flexibility index (Phi) is 5.93. The van der Waals surface area contributed by atoms with E-state index < -0.39 is 6.43 Å². The lowest BCUT2D eigenvalue weighted by Gasteiger charge is -2.03. The van der Waals surface area contributed by atoms with Gasteiger partial charge in [-0.05, 0) is 19.9 Å². The minimum atomic E-state index is -2.26. The van der Waals surface area contributed by atoms with Gasteiger partial charge >= 0.3 is 0 Å². The third kappa shape index (κ3) is 8.11. The van der Waals surface area contributed by atoms with Gasteiger partial charge in [-0.25, -0.2) is 8.78 Å². The van der Waals surface area contributed by atoms with Crippen LogP contribution in [0, 0.1) is 0 Å². The topological polar surface area (TPSA) is 12.0 Å². The Hall–Kier alpha value is 0.110. The molecular formula is C6H12ClF2N. The second-order valence-corrected chi connectivity index (χ2v) is 2.91. The first kappa shape index (κ1) is 10.1. The van der Waals surface area contributed by atoms with E-state index in [1.165, 1.54) is 0 Å². The molecule has 0 heterocycles. The SMILES string of the molecule is CC(Cl)CCNCC(F)F. The third-order valence-electron chi connectivity index (χ3n) is 1.02. The Bertz CT molecular complexity index is 68.1. The molecule has 0 aliphatic carbocycles. The van der Waals surface area contributed by atoms with E-state index in [-0.39, 0.29) is 11.9 Å². The summed E-state index contributed by atoms with van der Waals surface area (Å²) < 4.78 is 22.9. The van der Waals surface area contributed by atoms with Crippen LogP contribution in [0.5, 0.6) is 0 Å². The zero-order valence-electron chi connectivity index (χ0n) is 5.91. The molecule has 0 aromatic heterocycles. The van der Waals surface area contributed by atoms with Crippen molar-refractivity contribution in [3.05, 3.63) is 0 Å². The van der Waals surface area contributed by atoms with Gasteiger partial charge in [0.25, 0.3) is 6.43 Å². The predicted octanol–water partition coefficient (Wildman–Crippen LogP) is 1.86. The van der Waals surface area contributed by atoms with Crippen molar-refractivity contribution < 1.29 is 8.78 Å². The lowest BCUT2D eigenvalue weighted by atomic mass is 10.3. The minimum Gasteiger partial charge on any atom is -0.311 e. The van der Waals surface area contributed by atoms with Crippen LogP contribution in [0.1, 0.15) is 13.3 Å². The van der Waals surface area contributed by atoms with Crippen LogP contribution in [0.3, 0.4) is 0 Å². The van der Waals surface area contributed by atoms with Gasteiger partial charge in [-0.3, -0.25) is 0 Å². The van der Waals surface area contributed by atoms with Crippen LogP contribution in [0.2, 0.25) is 0 Å². The van der Waals surface area contributed by atoms with Crippen molar-refractivity contribution in [2.45, 2.75) is 25.1 Å². The average Bonchev–Trinajstić information content (AvgIpc) is 1.79. The maximum atomic E-state index is 11.5. The van der Waals surface area contributed by atoms with Gasteiger partial charge in [-0.1, -0.05) is 0 Å². The highest BCUT2D eigenvalue weighted by Gasteiger charge is 2.00. The van der Waals surface area contributed by atoms with E-state index >= 15 is 0 Å². The molecular weight excluding hydrogens is 160 g/mol. The van der Waals surface area contributed by atoms with Gasteiger partial charge in [-0.15, -0.1) is 11.6 Å². The molecule has 62 valence electrons. The van der Waals surface area contributed by atoms with E-state index in [0.717, 1.165) is 6.42 Å². The molecule has 1 unspecified atom stereocenters. The summed E-state index contributed by atoms with van der Waals surface area (Å²) in [6.07, 6.45) is -1.53. The molecule has 1 atom stereocenters. The second kappa shape index (κ2) is 5.86. The molecule has 0 aromatic carbocycles. The van der Waals surface area contributed by atoms with E-state index in [1.807, 2.05) is 6.92 Å². The summed E-state index contributed by atoms with van der Waals surface area (Å²) in [4.78, 5) is 0. The van der Waals surface area contributed by atoms with E-state index in [2.05, 4.69) is 5.32 Å². The van der Waals surface area contributed by atoms with Crippen molar-refractivity contribution in [3.8, 4) is 0 Å². The second-order valence-electron chi connectivity index (χ2n) is 2.16. The monoisotopic (exact) mass is 171 g/mol. The van der Waals surface area contributed by atoms with Crippen molar-refractivity contribution in [2.75, 3.05) is 13.1 Å². The summed E-state index contributed by atoms with van der Waals surface area (Å²) in [5, 5.41) is 2.64. The van der Waals surface area contributed by atoms with E-state index in [9.17, 15) is 8.78 Å². The summed E-state index contributed by atoms with van der Waals surface area (Å²) in [6, 6.07) is 0. The van der Waals surface area contributed by atoms with Gasteiger partial charge < -0.3 is 5.32 Å². The van der Waals surface area contributed by atoms with Crippen LogP contribution in [0.25, 0.3) is 0 Å². The lowest BCUT2D eigenvalue weighted by Crippen LogP contribution is -2.23. The predicted molar refractivity (Wildman–Crippen MR) is 38.8 cm³/mol. The van der Waals surface area contributed by atoms with Crippen LogP contribution in [0.15, 0.2) is 0 Å². The molecule has 1 N–H and O–H groups in total. The molecule has 0 aliphatic heterocycles. The van der Waals surface area contributed by atoms with E-state index in [4.69, 9.17) is 11.6 Å². The molecule has 0 aromatic rings. The summed E-state index contributed by atoms with van der Waals surface area (Å²) in [6.45, 7) is 2.17. The first-order valence-corrected chi connectivity index (χ1v) is 3.69. The van der Waals surface area contributed by atoms with Crippen molar-refractivity contribution in [3.63, 3.8) is 0 Å². The minimum absolute atomic E-state index is 0.0603. The fourth-order valence-electron chi connectivity index (χ4n) is 0.512. The van der Waals surface area contributed by atoms with Crippen LogP contribution in [-0.2, 0) is 0 Å². The maximum Gasteiger partial charge on any atom is 0.250 e. The summed E-state index contributed by atoms with van der Waals surface area (Å²) in [5.74, 6) is 0. The average molecular weight is 172 g/mol. The molecule has 0 bridgehead atoms.